The first-order valence-corrected chi connectivity index (χ1v) is 6.79. The van der Waals surface area contributed by atoms with Crippen LogP contribution < -0.4 is 16.4 Å². The van der Waals surface area contributed by atoms with Crippen molar-refractivity contribution in [3.63, 3.8) is 0 Å². The number of hydrogen-bond donors (Lipinski definition) is 3. The second-order valence-corrected chi connectivity index (χ2v) is 4.57. The Morgan fingerprint density at radius 1 is 1.53 bits per heavy atom. The summed E-state index contributed by atoms with van der Waals surface area (Å²) in [5.74, 6) is 0.355. The monoisotopic (exact) mass is 279 g/mol. The van der Waals surface area contributed by atoms with E-state index >= 15 is 0 Å². The number of nitrogens with zero attached hydrogens (tertiary/aromatic N) is 2. The second kappa shape index (κ2) is 8.42. The lowest BCUT2D eigenvalue weighted by atomic mass is 10.2. The van der Waals surface area contributed by atoms with Gasteiger partial charge in [-0.3, -0.25) is 9.98 Å². The standard InChI is InChI=1S/C13H21N5S/c1-3-7-16-12(14)18-13(19)17-9-6-11-10(2)5-4-8-15-11/h4-5,8H,3,6-7,9H2,1-2H3,(H4,14,16,17,18,19). The lowest BCUT2D eigenvalue weighted by molar-refractivity contribution is 0.829. The molecule has 0 aliphatic rings. The molecule has 1 aromatic heterocycles. The van der Waals surface area contributed by atoms with Crippen molar-refractivity contribution in [3.8, 4) is 0 Å². The third kappa shape index (κ3) is 6.15. The minimum Gasteiger partial charge on any atom is -0.370 e. The van der Waals surface area contributed by atoms with E-state index in [2.05, 4.69) is 20.6 Å². The number of thiocarbonyl (C=S) groups is 1. The van der Waals surface area contributed by atoms with Gasteiger partial charge in [-0.1, -0.05) is 13.0 Å². The first-order valence-electron chi connectivity index (χ1n) is 6.38. The van der Waals surface area contributed by atoms with Gasteiger partial charge in [0.1, 0.15) is 0 Å². The largest absolute Gasteiger partial charge is 0.370 e. The Morgan fingerprint density at radius 2 is 2.32 bits per heavy atom. The minimum absolute atomic E-state index is 0.355. The molecule has 1 aromatic rings. The minimum atomic E-state index is 0.355. The van der Waals surface area contributed by atoms with Crippen LogP contribution in [0.5, 0.6) is 0 Å². The first kappa shape index (κ1) is 15.4. The highest BCUT2D eigenvalue weighted by Crippen LogP contribution is 2.02. The van der Waals surface area contributed by atoms with Crippen LogP contribution in [0.4, 0.5) is 0 Å². The van der Waals surface area contributed by atoms with Gasteiger partial charge in [0.2, 0.25) is 0 Å². The van der Waals surface area contributed by atoms with E-state index < -0.39 is 0 Å². The summed E-state index contributed by atoms with van der Waals surface area (Å²) in [6.07, 6.45) is 3.58. The van der Waals surface area contributed by atoms with Gasteiger partial charge in [-0.2, -0.15) is 0 Å². The Hall–Kier alpha value is -1.69. The maximum Gasteiger partial charge on any atom is 0.194 e. The molecule has 0 spiro atoms. The molecule has 0 bridgehead atoms. The van der Waals surface area contributed by atoms with Gasteiger partial charge in [0, 0.05) is 31.4 Å². The molecule has 6 heteroatoms. The summed E-state index contributed by atoms with van der Waals surface area (Å²) in [7, 11) is 0. The lowest BCUT2D eigenvalue weighted by Crippen LogP contribution is -2.43. The number of hydrogen-bond acceptors (Lipinski definition) is 3. The average molecular weight is 279 g/mol. The molecule has 19 heavy (non-hydrogen) atoms. The van der Waals surface area contributed by atoms with E-state index in [9.17, 15) is 0 Å². The van der Waals surface area contributed by atoms with E-state index in [0.717, 1.165) is 18.5 Å². The molecule has 0 unspecified atom stereocenters. The van der Waals surface area contributed by atoms with Crippen molar-refractivity contribution in [2.45, 2.75) is 26.7 Å². The van der Waals surface area contributed by atoms with Crippen molar-refractivity contribution in [1.29, 1.82) is 0 Å². The highest BCUT2D eigenvalue weighted by Gasteiger charge is 2.00. The number of pyridine rings is 1. The Balaban J connectivity index is 2.30. The van der Waals surface area contributed by atoms with E-state index in [1.807, 2.05) is 26.0 Å². The number of aryl methyl sites for hydroxylation is 1. The normalized spacial score (nSPS) is 11.2. The van der Waals surface area contributed by atoms with Crippen molar-refractivity contribution >= 4 is 23.3 Å². The van der Waals surface area contributed by atoms with Crippen LogP contribution in [0.3, 0.4) is 0 Å². The zero-order chi connectivity index (χ0) is 14.1. The van der Waals surface area contributed by atoms with Gasteiger partial charge in [0.05, 0.1) is 0 Å². The molecule has 0 saturated carbocycles. The molecule has 104 valence electrons. The molecule has 1 heterocycles. The van der Waals surface area contributed by atoms with Crippen LogP contribution in [0.2, 0.25) is 0 Å². The smallest absolute Gasteiger partial charge is 0.194 e. The fourth-order valence-electron chi connectivity index (χ4n) is 1.51. The number of aromatic nitrogens is 1. The van der Waals surface area contributed by atoms with E-state index in [-0.39, 0.29) is 0 Å². The van der Waals surface area contributed by atoms with Crippen LogP contribution in [0.25, 0.3) is 0 Å². The molecule has 5 nitrogen and oxygen atoms in total. The van der Waals surface area contributed by atoms with Crippen LogP contribution >= 0.6 is 12.2 Å². The maximum absolute atomic E-state index is 5.67. The van der Waals surface area contributed by atoms with Gasteiger partial charge in [-0.25, -0.2) is 0 Å². The SMILES string of the molecule is CCCN=C(N)NC(=S)NCCc1ncccc1C. The Kier molecular flexibility index (Phi) is 6.81. The third-order valence-electron chi connectivity index (χ3n) is 2.51. The summed E-state index contributed by atoms with van der Waals surface area (Å²) in [5, 5.41) is 6.42. The van der Waals surface area contributed by atoms with Gasteiger partial charge in [-0.05, 0) is 37.2 Å². The van der Waals surface area contributed by atoms with Gasteiger partial charge in [-0.15, -0.1) is 0 Å². The molecular weight excluding hydrogens is 258 g/mol. The zero-order valence-corrected chi connectivity index (χ0v) is 12.3. The summed E-state index contributed by atoms with van der Waals surface area (Å²) in [6, 6.07) is 3.98. The van der Waals surface area contributed by atoms with Crippen molar-refractivity contribution in [1.82, 2.24) is 15.6 Å². The van der Waals surface area contributed by atoms with Crippen molar-refractivity contribution in [2.75, 3.05) is 13.1 Å². The summed E-state index contributed by atoms with van der Waals surface area (Å²) in [5.41, 5.74) is 7.93. The molecule has 0 fully saturated rings. The molecular formula is C13H21N5S. The number of nitrogens with one attached hydrogen (secondary N) is 2. The summed E-state index contributed by atoms with van der Waals surface area (Å²) < 4.78 is 0. The van der Waals surface area contributed by atoms with Crippen molar-refractivity contribution in [2.24, 2.45) is 10.7 Å². The van der Waals surface area contributed by atoms with Crippen LogP contribution in [0.1, 0.15) is 24.6 Å². The number of rotatable bonds is 5. The molecule has 0 radical (unpaired) electrons. The number of guanidine groups is 1. The fourth-order valence-corrected chi connectivity index (χ4v) is 1.71. The molecule has 0 amide bonds. The molecule has 1 rings (SSSR count). The predicted molar refractivity (Wildman–Crippen MR) is 83.2 cm³/mol. The van der Waals surface area contributed by atoms with Crippen molar-refractivity contribution < 1.29 is 0 Å². The van der Waals surface area contributed by atoms with Crippen LogP contribution in [-0.4, -0.2) is 29.1 Å². The van der Waals surface area contributed by atoms with Gasteiger partial charge in [0.25, 0.3) is 0 Å². The zero-order valence-electron chi connectivity index (χ0n) is 11.4. The van der Waals surface area contributed by atoms with Crippen LogP contribution in [0.15, 0.2) is 23.3 Å². The summed E-state index contributed by atoms with van der Waals surface area (Å²) >= 11 is 5.13. The van der Waals surface area contributed by atoms with Crippen LogP contribution in [-0.2, 0) is 6.42 Å². The fraction of sp³-hybridized carbons (Fsp3) is 0.462. The van der Waals surface area contributed by atoms with E-state index in [4.69, 9.17) is 18.0 Å². The molecule has 0 aliphatic carbocycles. The Labute approximate surface area is 119 Å². The Bertz CT molecular complexity index is 444. The highest BCUT2D eigenvalue weighted by molar-refractivity contribution is 7.80. The van der Waals surface area contributed by atoms with Crippen molar-refractivity contribution in [3.05, 3.63) is 29.6 Å². The topological polar surface area (TPSA) is 75.3 Å². The average Bonchev–Trinajstić information content (AvgIpc) is 2.38. The highest BCUT2D eigenvalue weighted by atomic mass is 32.1. The Morgan fingerprint density at radius 3 is 3.00 bits per heavy atom. The molecule has 0 aliphatic heterocycles. The summed E-state index contributed by atoms with van der Waals surface area (Å²) in [4.78, 5) is 8.43. The molecule has 0 aromatic carbocycles. The quantitative estimate of drug-likeness (QED) is 0.428. The maximum atomic E-state index is 5.67. The second-order valence-electron chi connectivity index (χ2n) is 4.16. The number of aliphatic imine (C=N–C) groups is 1. The van der Waals surface area contributed by atoms with Crippen LogP contribution in [0, 0.1) is 6.92 Å². The van der Waals surface area contributed by atoms with Gasteiger partial charge in [0.15, 0.2) is 11.1 Å². The lowest BCUT2D eigenvalue weighted by Gasteiger charge is -2.10. The summed E-state index contributed by atoms with van der Waals surface area (Å²) in [6.45, 7) is 5.51. The van der Waals surface area contributed by atoms with E-state index in [0.29, 0.717) is 24.2 Å². The third-order valence-corrected chi connectivity index (χ3v) is 2.76. The predicted octanol–water partition coefficient (Wildman–Crippen LogP) is 1.12. The van der Waals surface area contributed by atoms with Gasteiger partial charge < -0.3 is 16.4 Å². The van der Waals surface area contributed by atoms with Gasteiger partial charge >= 0.3 is 0 Å². The number of nitrogens with two attached hydrogens (primary N) is 1. The molecule has 0 atom stereocenters. The molecule has 4 N–H and O–H groups in total. The molecule has 0 saturated heterocycles. The van der Waals surface area contributed by atoms with E-state index in [1.54, 1.807) is 6.20 Å². The first-order chi connectivity index (χ1) is 9.13. The van der Waals surface area contributed by atoms with E-state index in [1.165, 1.54) is 5.56 Å².